The Morgan fingerprint density at radius 1 is 1.32 bits per heavy atom. The summed E-state index contributed by atoms with van der Waals surface area (Å²) < 4.78 is 6.31. The van der Waals surface area contributed by atoms with Gasteiger partial charge in [0.2, 0.25) is 5.91 Å². The van der Waals surface area contributed by atoms with Crippen LogP contribution in [-0.2, 0) is 9.59 Å². The lowest BCUT2D eigenvalue weighted by atomic mass is 10.3. The molecule has 104 valence electrons. The number of benzene rings is 1. The van der Waals surface area contributed by atoms with Crippen LogP contribution in [0.15, 0.2) is 28.7 Å². The SMILES string of the molecule is CC(C)N(CC(N)=O)C(=O)COc1ccc(Br)cc1. The van der Waals surface area contributed by atoms with Crippen LogP contribution in [-0.4, -0.2) is 35.9 Å². The fraction of sp³-hybridized carbons (Fsp3) is 0.385. The Bertz CT molecular complexity index is 446. The molecule has 0 saturated heterocycles. The number of amides is 2. The summed E-state index contributed by atoms with van der Waals surface area (Å²) in [5.74, 6) is -0.207. The number of rotatable bonds is 6. The molecule has 0 fully saturated rings. The van der Waals surface area contributed by atoms with Crippen LogP contribution in [0.1, 0.15) is 13.8 Å². The van der Waals surface area contributed by atoms with E-state index in [-0.39, 0.29) is 25.1 Å². The van der Waals surface area contributed by atoms with Crippen LogP contribution in [0.5, 0.6) is 5.75 Å². The fourth-order valence-corrected chi connectivity index (χ4v) is 1.75. The normalized spacial score (nSPS) is 10.3. The van der Waals surface area contributed by atoms with Crippen molar-refractivity contribution in [1.29, 1.82) is 0 Å². The van der Waals surface area contributed by atoms with Gasteiger partial charge in [-0.15, -0.1) is 0 Å². The van der Waals surface area contributed by atoms with E-state index in [1.807, 2.05) is 26.0 Å². The molecule has 1 rings (SSSR count). The minimum Gasteiger partial charge on any atom is -0.484 e. The number of primary amides is 1. The second-order valence-electron chi connectivity index (χ2n) is 4.32. The van der Waals surface area contributed by atoms with Gasteiger partial charge in [-0.3, -0.25) is 9.59 Å². The smallest absolute Gasteiger partial charge is 0.261 e. The van der Waals surface area contributed by atoms with Gasteiger partial charge in [-0.05, 0) is 38.1 Å². The highest BCUT2D eigenvalue weighted by Gasteiger charge is 2.19. The summed E-state index contributed by atoms with van der Waals surface area (Å²) in [6.07, 6.45) is 0. The molecule has 0 bridgehead atoms. The minimum absolute atomic E-state index is 0.0970. The lowest BCUT2D eigenvalue weighted by molar-refractivity contribution is -0.138. The van der Waals surface area contributed by atoms with Gasteiger partial charge in [0.25, 0.3) is 5.91 Å². The zero-order chi connectivity index (χ0) is 14.4. The van der Waals surface area contributed by atoms with Crippen molar-refractivity contribution in [3.05, 3.63) is 28.7 Å². The van der Waals surface area contributed by atoms with Gasteiger partial charge in [-0.1, -0.05) is 15.9 Å². The van der Waals surface area contributed by atoms with Crippen molar-refractivity contribution in [2.24, 2.45) is 5.73 Å². The average Bonchev–Trinajstić information content (AvgIpc) is 2.34. The third kappa shape index (κ3) is 5.30. The van der Waals surface area contributed by atoms with Crippen LogP contribution in [0.3, 0.4) is 0 Å². The molecule has 0 aromatic heterocycles. The molecule has 0 spiro atoms. The monoisotopic (exact) mass is 328 g/mol. The summed E-state index contributed by atoms with van der Waals surface area (Å²) in [6, 6.07) is 7.05. The van der Waals surface area contributed by atoms with Crippen molar-refractivity contribution in [3.8, 4) is 5.75 Å². The van der Waals surface area contributed by atoms with E-state index < -0.39 is 5.91 Å². The second-order valence-corrected chi connectivity index (χ2v) is 5.24. The number of carbonyl (C=O) groups excluding carboxylic acids is 2. The van der Waals surface area contributed by atoms with Crippen molar-refractivity contribution in [1.82, 2.24) is 4.90 Å². The number of carbonyl (C=O) groups is 2. The number of hydrogen-bond donors (Lipinski definition) is 1. The lowest BCUT2D eigenvalue weighted by Gasteiger charge is -2.25. The van der Waals surface area contributed by atoms with E-state index >= 15 is 0 Å². The third-order valence-corrected chi connectivity index (χ3v) is 2.97. The largest absolute Gasteiger partial charge is 0.484 e. The Balaban J connectivity index is 2.57. The molecule has 2 amide bonds. The van der Waals surface area contributed by atoms with Crippen molar-refractivity contribution >= 4 is 27.7 Å². The van der Waals surface area contributed by atoms with Crippen molar-refractivity contribution in [3.63, 3.8) is 0 Å². The molecule has 6 heteroatoms. The summed E-state index contributed by atoms with van der Waals surface area (Å²) in [4.78, 5) is 24.2. The molecule has 0 aliphatic rings. The highest BCUT2D eigenvalue weighted by Crippen LogP contribution is 2.16. The van der Waals surface area contributed by atoms with Crippen LogP contribution < -0.4 is 10.5 Å². The Labute approximate surface area is 120 Å². The topological polar surface area (TPSA) is 72.6 Å². The molecule has 0 unspecified atom stereocenters. The molecule has 19 heavy (non-hydrogen) atoms. The number of halogens is 1. The van der Waals surface area contributed by atoms with Crippen LogP contribution in [0, 0.1) is 0 Å². The quantitative estimate of drug-likeness (QED) is 0.861. The summed E-state index contributed by atoms with van der Waals surface area (Å²) >= 11 is 3.31. The summed E-state index contributed by atoms with van der Waals surface area (Å²) in [5.41, 5.74) is 5.11. The van der Waals surface area contributed by atoms with Gasteiger partial charge < -0.3 is 15.4 Å². The van der Waals surface area contributed by atoms with Gasteiger partial charge in [0.1, 0.15) is 5.75 Å². The highest BCUT2D eigenvalue weighted by atomic mass is 79.9. The Kier molecular flexibility index (Phi) is 5.82. The van der Waals surface area contributed by atoms with Gasteiger partial charge in [0.15, 0.2) is 6.61 Å². The van der Waals surface area contributed by atoms with Crippen LogP contribution in [0.4, 0.5) is 0 Å². The first-order chi connectivity index (χ1) is 8.90. The van der Waals surface area contributed by atoms with Crippen molar-refractivity contribution < 1.29 is 14.3 Å². The molecule has 0 radical (unpaired) electrons. The van der Waals surface area contributed by atoms with Crippen LogP contribution in [0.2, 0.25) is 0 Å². The van der Waals surface area contributed by atoms with E-state index in [2.05, 4.69) is 15.9 Å². The van der Waals surface area contributed by atoms with E-state index in [1.54, 1.807) is 12.1 Å². The molecular formula is C13H17BrN2O3. The highest BCUT2D eigenvalue weighted by molar-refractivity contribution is 9.10. The predicted molar refractivity (Wildman–Crippen MR) is 75.7 cm³/mol. The van der Waals surface area contributed by atoms with E-state index in [9.17, 15) is 9.59 Å². The number of hydrogen-bond acceptors (Lipinski definition) is 3. The lowest BCUT2D eigenvalue weighted by Crippen LogP contribution is -2.44. The summed E-state index contributed by atoms with van der Waals surface area (Å²) in [7, 11) is 0. The average molecular weight is 329 g/mol. The first kappa shape index (κ1) is 15.5. The van der Waals surface area contributed by atoms with Crippen molar-refractivity contribution in [2.75, 3.05) is 13.2 Å². The Hall–Kier alpha value is -1.56. The molecule has 0 aliphatic carbocycles. The second kappa shape index (κ2) is 7.13. The fourth-order valence-electron chi connectivity index (χ4n) is 1.49. The summed E-state index contributed by atoms with van der Waals surface area (Å²) in [6.45, 7) is 3.42. The zero-order valence-corrected chi connectivity index (χ0v) is 12.5. The molecule has 0 heterocycles. The first-order valence-corrected chi connectivity index (χ1v) is 6.65. The molecule has 1 aromatic rings. The molecule has 1 aromatic carbocycles. The zero-order valence-electron chi connectivity index (χ0n) is 10.9. The van der Waals surface area contributed by atoms with E-state index in [0.29, 0.717) is 5.75 Å². The van der Waals surface area contributed by atoms with Gasteiger partial charge >= 0.3 is 0 Å². The van der Waals surface area contributed by atoms with E-state index in [1.165, 1.54) is 4.90 Å². The standard InChI is InChI=1S/C13H17BrN2O3/c1-9(2)16(7-12(15)17)13(18)8-19-11-5-3-10(14)4-6-11/h3-6,9H,7-8H2,1-2H3,(H2,15,17). The number of nitrogens with two attached hydrogens (primary N) is 1. The molecule has 5 nitrogen and oxygen atoms in total. The maximum atomic E-state index is 11.9. The van der Waals surface area contributed by atoms with Crippen LogP contribution in [0.25, 0.3) is 0 Å². The van der Waals surface area contributed by atoms with E-state index in [4.69, 9.17) is 10.5 Å². The van der Waals surface area contributed by atoms with Gasteiger partial charge in [-0.25, -0.2) is 0 Å². The first-order valence-electron chi connectivity index (χ1n) is 5.86. The molecular weight excluding hydrogens is 312 g/mol. The maximum Gasteiger partial charge on any atom is 0.261 e. The molecule has 0 aliphatic heterocycles. The van der Waals surface area contributed by atoms with Crippen molar-refractivity contribution in [2.45, 2.75) is 19.9 Å². The third-order valence-electron chi connectivity index (χ3n) is 2.45. The van der Waals surface area contributed by atoms with Gasteiger partial charge in [0, 0.05) is 10.5 Å². The summed E-state index contributed by atoms with van der Waals surface area (Å²) in [5, 5.41) is 0. The molecule has 2 N–H and O–H groups in total. The van der Waals surface area contributed by atoms with Crippen LogP contribution >= 0.6 is 15.9 Å². The Morgan fingerprint density at radius 3 is 2.37 bits per heavy atom. The number of nitrogens with zero attached hydrogens (tertiary/aromatic N) is 1. The predicted octanol–water partition coefficient (Wildman–Crippen LogP) is 1.55. The minimum atomic E-state index is -0.536. The molecule has 0 saturated carbocycles. The van der Waals surface area contributed by atoms with E-state index in [0.717, 1.165) is 4.47 Å². The maximum absolute atomic E-state index is 11.9. The van der Waals surface area contributed by atoms with Gasteiger partial charge in [-0.2, -0.15) is 0 Å². The molecule has 0 atom stereocenters. The Morgan fingerprint density at radius 2 is 1.89 bits per heavy atom. The number of ether oxygens (including phenoxy) is 1. The van der Waals surface area contributed by atoms with Gasteiger partial charge in [0.05, 0.1) is 6.54 Å².